The fraction of sp³-hybridized carbons (Fsp3) is 0.280. The number of nitrogens with one attached hydrogen (secondary N) is 1. The standard InChI is InChI=1S/C25H25N3O7/c1-14-8-20(29)23(25(32)28(14)7-6-15-11-26-13-27-15)17(10-22(30)34-3)19-12-35-21-5-4-16(33-2)9-18(21)24(19)31/h4-5,8-9,11-13,17,29H,6-7,10H2,1-3H3,(H,26,27). The maximum atomic E-state index is 13.6. The van der Waals surface area contributed by atoms with E-state index < -0.39 is 22.9 Å². The molecule has 0 aliphatic rings. The van der Waals surface area contributed by atoms with Crippen LogP contribution in [0, 0.1) is 6.92 Å². The predicted molar refractivity (Wildman–Crippen MR) is 127 cm³/mol. The second-order valence-corrected chi connectivity index (χ2v) is 8.08. The van der Waals surface area contributed by atoms with E-state index in [1.807, 2.05) is 0 Å². The summed E-state index contributed by atoms with van der Waals surface area (Å²) < 4.78 is 17.2. The largest absolute Gasteiger partial charge is 0.507 e. The number of carbonyl (C=O) groups excluding carboxylic acids is 1. The first-order valence-corrected chi connectivity index (χ1v) is 10.9. The van der Waals surface area contributed by atoms with Crippen LogP contribution >= 0.6 is 0 Å². The first-order chi connectivity index (χ1) is 16.8. The van der Waals surface area contributed by atoms with Crippen LogP contribution in [0.1, 0.15) is 34.9 Å². The third kappa shape index (κ3) is 4.68. The summed E-state index contributed by atoms with van der Waals surface area (Å²) in [5, 5.41) is 11.0. The first kappa shape index (κ1) is 23.8. The molecule has 35 heavy (non-hydrogen) atoms. The van der Waals surface area contributed by atoms with Gasteiger partial charge in [0.15, 0.2) is 5.43 Å². The van der Waals surface area contributed by atoms with Crippen LogP contribution in [-0.2, 0) is 22.5 Å². The molecule has 182 valence electrons. The molecule has 0 saturated heterocycles. The quantitative estimate of drug-likeness (QED) is 0.368. The Balaban J connectivity index is 1.88. The number of imidazole rings is 1. The number of H-pyrrole nitrogens is 1. The number of rotatable bonds is 8. The van der Waals surface area contributed by atoms with Gasteiger partial charge in [0.25, 0.3) is 5.56 Å². The molecular weight excluding hydrogens is 454 g/mol. The molecule has 4 aromatic rings. The van der Waals surface area contributed by atoms with Crippen molar-refractivity contribution in [3.8, 4) is 11.5 Å². The zero-order chi connectivity index (χ0) is 25.1. The second kappa shape index (κ2) is 9.88. The smallest absolute Gasteiger partial charge is 0.306 e. The Morgan fingerprint density at radius 3 is 2.74 bits per heavy atom. The number of aromatic hydroxyl groups is 1. The van der Waals surface area contributed by atoms with E-state index in [-0.39, 0.29) is 28.7 Å². The molecule has 0 radical (unpaired) electrons. The molecular formula is C25H25N3O7. The minimum atomic E-state index is -1.10. The van der Waals surface area contributed by atoms with E-state index in [1.54, 1.807) is 31.6 Å². The SMILES string of the molecule is COC(=O)CC(c1coc2ccc(OC)cc2c1=O)c1c(O)cc(C)n(CCc2cnc[nH]2)c1=O. The maximum absolute atomic E-state index is 13.6. The average Bonchev–Trinajstić information content (AvgIpc) is 3.37. The molecule has 0 bridgehead atoms. The zero-order valence-electron chi connectivity index (χ0n) is 19.5. The predicted octanol–water partition coefficient (Wildman–Crippen LogP) is 2.64. The molecule has 4 rings (SSSR count). The molecule has 0 saturated carbocycles. The second-order valence-electron chi connectivity index (χ2n) is 8.08. The molecule has 0 aliphatic carbocycles. The Morgan fingerprint density at radius 2 is 2.06 bits per heavy atom. The van der Waals surface area contributed by atoms with Gasteiger partial charge in [-0.05, 0) is 31.2 Å². The minimum Gasteiger partial charge on any atom is -0.507 e. The van der Waals surface area contributed by atoms with Crippen molar-refractivity contribution in [2.45, 2.75) is 32.2 Å². The topological polar surface area (TPSA) is 137 Å². The number of esters is 1. The number of pyridine rings is 1. The van der Waals surface area contributed by atoms with Crippen molar-refractivity contribution in [1.29, 1.82) is 0 Å². The van der Waals surface area contributed by atoms with E-state index in [4.69, 9.17) is 13.9 Å². The maximum Gasteiger partial charge on any atom is 0.306 e. The van der Waals surface area contributed by atoms with Crippen molar-refractivity contribution in [3.05, 3.63) is 86.1 Å². The summed E-state index contributed by atoms with van der Waals surface area (Å²) >= 11 is 0. The van der Waals surface area contributed by atoms with E-state index >= 15 is 0 Å². The highest BCUT2D eigenvalue weighted by Gasteiger charge is 2.29. The zero-order valence-corrected chi connectivity index (χ0v) is 19.5. The number of aryl methyl sites for hydroxylation is 2. The van der Waals surface area contributed by atoms with E-state index in [0.717, 1.165) is 5.69 Å². The van der Waals surface area contributed by atoms with Gasteiger partial charge in [0.2, 0.25) is 0 Å². The van der Waals surface area contributed by atoms with Crippen LogP contribution in [-0.4, -0.2) is 39.8 Å². The summed E-state index contributed by atoms with van der Waals surface area (Å²) in [7, 11) is 2.69. The number of methoxy groups -OCH3 is 2. The molecule has 0 aliphatic heterocycles. The van der Waals surface area contributed by atoms with Crippen molar-refractivity contribution >= 4 is 16.9 Å². The molecule has 0 fully saturated rings. The molecule has 2 N–H and O–H groups in total. The van der Waals surface area contributed by atoms with Gasteiger partial charge in [0.1, 0.15) is 17.1 Å². The summed E-state index contributed by atoms with van der Waals surface area (Å²) in [6.07, 6.45) is 4.58. The van der Waals surface area contributed by atoms with Gasteiger partial charge in [-0.3, -0.25) is 14.4 Å². The van der Waals surface area contributed by atoms with Gasteiger partial charge in [-0.15, -0.1) is 0 Å². The fourth-order valence-electron chi connectivity index (χ4n) is 4.14. The van der Waals surface area contributed by atoms with Crippen LogP contribution in [0.5, 0.6) is 11.5 Å². The summed E-state index contributed by atoms with van der Waals surface area (Å²) in [6.45, 7) is 2.00. The number of fused-ring (bicyclic) bond motifs is 1. The summed E-state index contributed by atoms with van der Waals surface area (Å²) in [4.78, 5) is 46.4. The van der Waals surface area contributed by atoms with Gasteiger partial charge in [-0.2, -0.15) is 0 Å². The molecule has 1 unspecified atom stereocenters. The number of hydrogen-bond donors (Lipinski definition) is 2. The van der Waals surface area contributed by atoms with Crippen molar-refractivity contribution in [2.24, 2.45) is 0 Å². The van der Waals surface area contributed by atoms with Crippen molar-refractivity contribution in [3.63, 3.8) is 0 Å². The number of aromatic amines is 1. The highest BCUT2D eigenvalue weighted by Crippen LogP contribution is 2.32. The molecule has 0 spiro atoms. The van der Waals surface area contributed by atoms with E-state index in [0.29, 0.717) is 30.0 Å². The van der Waals surface area contributed by atoms with Crippen LogP contribution in [0.15, 0.2) is 57.1 Å². The summed E-state index contributed by atoms with van der Waals surface area (Å²) in [5.74, 6) is -1.61. The monoisotopic (exact) mass is 479 g/mol. The van der Waals surface area contributed by atoms with E-state index in [1.165, 1.54) is 37.2 Å². The Morgan fingerprint density at radius 1 is 1.26 bits per heavy atom. The lowest BCUT2D eigenvalue weighted by Crippen LogP contribution is -2.30. The Kier molecular flexibility index (Phi) is 6.72. The fourth-order valence-corrected chi connectivity index (χ4v) is 4.14. The van der Waals surface area contributed by atoms with Crippen LogP contribution in [0.25, 0.3) is 11.0 Å². The third-order valence-corrected chi connectivity index (χ3v) is 6.01. The number of aromatic nitrogens is 3. The Bertz CT molecular complexity index is 1490. The lowest BCUT2D eigenvalue weighted by molar-refractivity contribution is -0.140. The van der Waals surface area contributed by atoms with Gasteiger partial charge in [-0.25, -0.2) is 4.98 Å². The molecule has 1 aromatic carbocycles. The molecule has 1 atom stereocenters. The number of ether oxygens (including phenoxy) is 2. The van der Waals surface area contributed by atoms with Crippen molar-refractivity contribution in [1.82, 2.24) is 14.5 Å². The molecule has 0 amide bonds. The molecule has 3 aromatic heterocycles. The minimum absolute atomic E-state index is 0.0486. The molecule has 10 heteroatoms. The average molecular weight is 479 g/mol. The number of carbonyl (C=O) groups is 1. The van der Waals surface area contributed by atoms with Gasteiger partial charge < -0.3 is 28.5 Å². The van der Waals surface area contributed by atoms with Crippen LogP contribution in [0.3, 0.4) is 0 Å². The first-order valence-electron chi connectivity index (χ1n) is 10.9. The lowest BCUT2D eigenvalue weighted by Gasteiger charge is -2.20. The number of hydrogen-bond acceptors (Lipinski definition) is 8. The summed E-state index contributed by atoms with van der Waals surface area (Å²) in [5.41, 5.74) is 0.696. The van der Waals surface area contributed by atoms with Gasteiger partial charge in [0, 0.05) is 42.0 Å². The molecule has 10 nitrogen and oxygen atoms in total. The van der Waals surface area contributed by atoms with Crippen molar-refractivity contribution < 1.29 is 23.8 Å². The number of benzene rings is 1. The van der Waals surface area contributed by atoms with Crippen LogP contribution < -0.4 is 15.7 Å². The Hall–Kier alpha value is -4.34. The lowest BCUT2D eigenvalue weighted by atomic mass is 9.88. The summed E-state index contributed by atoms with van der Waals surface area (Å²) in [6, 6.07) is 6.22. The normalized spacial score (nSPS) is 12.0. The third-order valence-electron chi connectivity index (χ3n) is 6.01. The van der Waals surface area contributed by atoms with Crippen molar-refractivity contribution in [2.75, 3.05) is 14.2 Å². The van der Waals surface area contributed by atoms with E-state index in [2.05, 4.69) is 9.97 Å². The highest BCUT2D eigenvalue weighted by atomic mass is 16.5. The van der Waals surface area contributed by atoms with Gasteiger partial charge >= 0.3 is 5.97 Å². The molecule has 3 heterocycles. The highest BCUT2D eigenvalue weighted by molar-refractivity contribution is 5.79. The van der Waals surface area contributed by atoms with Gasteiger partial charge in [0.05, 0.1) is 44.2 Å². The van der Waals surface area contributed by atoms with E-state index in [9.17, 15) is 19.5 Å². The van der Waals surface area contributed by atoms with Gasteiger partial charge in [-0.1, -0.05) is 0 Å². The van der Waals surface area contributed by atoms with Crippen LogP contribution in [0.2, 0.25) is 0 Å². The Labute approximate surface area is 199 Å². The number of nitrogens with zero attached hydrogens (tertiary/aromatic N) is 2. The van der Waals surface area contributed by atoms with Crippen LogP contribution in [0.4, 0.5) is 0 Å².